The Morgan fingerprint density at radius 1 is 1.37 bits per heavy atom. The average Bonchev–Trinajstić information content (AvgIpc) is 2.82. The predicted octanol–water partition coefficient (Wildman–Crippen LogP) is 1.78. The lowest BCUT2D eigenvalue weighted by Gasteiger charge is -2.25. The molecule has 1 atom stereocenters. The molecule has 0 aliphatic heterocycles. The van der Waals surface area contributed by atoms with E-state index in [-0.39, 0.29) is 6.04 Å². The van der Waals surface area contributed by atoms with Crippen molar-refractivity contribution in [2.24, 2.45) is 5.73 Å². The fraction of sp³-hybridized carbons (Fsp3) is 0.692. The molecule has 1 unspecified atom stereocenters. The Labute approximate surface area is 116 Å². The molecule has 0 fully saturated rings. The summed E-state index contributed by atoms with van der Waals surface area (Å²) in [6.07, 6.45) is 2.48. The van der Waals surface area contributed by atoms with Crippen molar-refractivity contribution in [3.05, 3.63) is 18.0 Å². The number of sulfonamides is 1. The molecule has 1 aromatic heterocycles. The van der Waals surface area contributed by atoms with Crippen LogP contribution in [0, 0.1) is 0 Å². The second kappa shape index (κ2) is 6.54. The zero-order valence-corrected chi connectivity index (χ0v) is 13.1. The Morgan fingerprint density at radius 2 is 2.00 bits per heavy atom. The second-order valence-electron chi connectivity index (χ2n) is 4.62. The van der Waals surface area contributed by atoms with Gasteiger partial charge in [0, 0.05) is 37.6 Å². The van der Waals surface area contributed by atoms with Gasteiger partial charge < -0.3 is 10.3 Å². The van der Waals surface area contributed by atoms with Gasteiger partial charge in [-0.15, -0.1) is 0 Å². The quantitative estimate of drug-likeness (QED) is 0.831. The van der Waals surface area contributed by atoms with Gasteiger partial charge in [-0.25, -0.2) is 8.42 Å². The molecule has 6 heteroatoms. The number of aryl methyl sites for hydroxylation is 1. The van der Waals surface area contributed by atoms with Crippen molar-refractivity contribution in [1.82, 2.24) is 8.87 Å². The summed E-state index contributed by atoms with van der Waals surface area (Å²) in [7, 11) is -3.43. The molecule has 0 aliphatic rings. The van der Waals surface area contributed by atoms with Crippen LogP contribution in [0.2, 0.25) is 0 Å². The smallest absolute Gasteiger partial charge is 0.244 e. The molecule has 1 rings (SSSR count). The zero-order chi connectivity index (χ0) is 14.6. The molecule has 1 heterocycles. The lowest BCUT2D eigenvalue weighted by molar-refractivity contribution is 0.342. The van der Waals surface area contributed by atoms with Crippen LogP contribution in [0.3, 0.4) is 0 Å². The SMILES string of the molecule is CCC(C)N(CC)S(=O)(=O)c1cc(CN)n(CC)c1. The summed E-state index contributed by atoms with van der Waals surface area (Å²) in [5, 5.41) is 0. The first kappa shape index (κ1) is 16.2. The molecule has 19 heavy (non-hydrogen) atoms. The van der Waals surface area contributed by atoms with Crippen LogP contribution >= 0.6 is 0 Å². The minimum Gasteiger partial charge on any atom is -0.349 e. The standard InChI is InChI=1S/C13H25N3O2S/c1-5-11(4)16(7-3)19(17,18)13-8-12(9-14)15(6-2)10-13/h8,10-11H,5-7,9,14H2,1-4H3. The summed E-state index contributed by atoms with van der Waals surface area (Å²) in [5.74, 6) is 0. The monoisotopic (exact) mass is 287 g/mol. The molecule has 0 bridgehead atoms. The van der Waals surface area contributed by atoms with Gasteiger partial charge in [-0.05, 0) is 26.3 Å². The summed E-state index contributed by atoms with van der Waals surface area (Å²) < 4.78 is 28.7. The zero-order valence-electron chi connectivity index (χ0n) is 12.3. The lowest BCUT2D eigenvalue weighted by atomic mass is 10.3. The van der Waals surface area contributed by atoms with E-state index in [1.807, 2.05) is 32.3 Å². The predicted molar refractivity (Wildman–Crippen MR) is 77.3 cm³/mol. The molecule has 0 aliphatic carbocycles. The van der Waals surface area contributed by atoms with Gasteiger partial charge in [-0.2, -0.15) is 4.31 Å². The number of aromatic nitrogens is 1. The van der Waals surface area contributed by atoms with Crippen molar-refractivity contribution in [2.75, 3.05) is 6.54 Å². The lowest BCUT2D eigenvalue weighted by Crippen LogP contribution is -2.37. The van der Waals surface area contributed by atoms with Crippen molar-refractivity contribution >= 4 is 10.0 Å². The minimum absolute atomic E-state index is 0.00121. The van der Waals surface area contributed by atoms with Crippen molar-refractivity contribution in [1.29, 1.82) is 0 Å². The minimum atomic E-state index is -3.43. The Balaban J connectivity index is 3.22. The summed E-state index contributed by atoms with van der Waals surface area (Å²) >= 11 is 0. The molecule has 0 saturated heterocycles. The molecule has 0 radical (unpaired) electrons. The van der Waals surface area contributed by atoms with Crippen LogP contribution in [-0.2, 0) is 23.1 Å². The van der Waals surface area contributed by atoms with Gasteiger partial charge >= 0.3 is 0 Å². The molecule has 2 N–H and O–H groups in total. The number of nitrogens with zero attached hydrogens (tertiary/aromatic N) is 2. The van der Waals surface area contributed by atoms with Crippen LogP contribution in [0.4, 0.5) is 0 Å². The summed E-state index contributed by atoms with van der Waals surface area (Å²) in [5.41, 5.74) is 6.50. The first-order valence-electron chi connectivity index (χ1n) is 6.83. The normalized spacial score (nSPS) is 14.0. The van der Waals surface area contributed by atoms with Crippen molar-refractivity contribution in [3.63, 3.8) is 0 Å². The summed E-state index contributed by atoms with van der Waals surface area (Å²) in [4.78, 5) is 0.344. The van der Waals surface area contributed by atoms with Gasteiger partial charge in [0.1, 0.15) is 4.90 Å². The summed E-state index contributed by atoms with van der Waals surface area (Å²) in [6, 6.07) is 1.69. The number of nitrogens with two attached hydrogens (primary N) is 1. The van der Waals surface area contributed by atoms with E-state index in [0.29, 0.717) is 18.0 Å². The molecular weight excluding hydrogens is 262 g/mol. The van der Waals surface area contributed by atoms with Crippen LogP contribution in [-0.4, -0.2) is 29.9 Å². The van der Waals surface area contributed by atoms with Gasteiger partial charge in [0.2, 0.25) is 10.0 Å². The largest absolute Gasteiger partial charge is 0.349 e. The van der Waals surface area contributed by atoms with Crippen molar-refractivity contribution < 1.29 is 8.42 Å². The fourth-order valence-electron chi connectivity index (χ4n) is 2.19. The molecule has 0 spiro atoms. The molecule has 110 valence electrons. The first-order chi connectivity index (χ1) is 8.92. The van der Waals surface area contributed by atoms with Gasteiger partial charge in [-0.3, -0.25) is 0 Å². The van der Waals surface area contributed by atoms with E-state index in [1.54, 1.807) is 16.6 Å². The summed E-state index contributed by atoms with van der Waals surface area (Å²) in [6.45, 7) is 9.31. The molecule has 0 aromatic carbocycles. The second-order valence-corrected chi connectivity index (χ2v) is 6.51. The molecule has 0 amide bonds. The highest BCUT2D eigenvalue weighted by atomic mass is 32.2. The highest BCUT2D eigenvalue weighted by Gasteiger charge is 2.28. The topological polar surface area (TPSA) is 68.3 Å². The highest BCUT2D eigenvalue weighted by molar-refractivity contribution is 7.89. The van der Waals surface area contributed by atoms with E-state index in [9.17, 15) is 8.42 Å². The first-order valence-corrected chi connectivity index (χ1v) is 8.27. The van der Waals surface area contributed by atoms with Gasteiger partial charge in [0.15, 0.2) is 0 Å². The van der Waals surface area contributed by atoms with Gasteiger partial charge in [0.05, 0.1) is 0 Å². The van der Waals surface area contributed by atoms with E-state index < -0.39 is 10.0 Å². The highest BCUT2D eigenvalue weighted by Crippen LogP contribution is 2.21. The van der Waals surface area contributed by atoms with Crippen LogP contribution in [0.1, 0.15) is 39.8 Å². The van der Waals surface area contributed by atoms with E-state index in [4.69, 9.17) is 5.73 Å². The molecule has 0 saturated carbocycles. The molecule has 5 nitrogen and oxygen atoms in total. The average molecular weight is 287 g/mol. The molecule has 1 aromatic rings. The van der Waals surface area contributed by atoms with Crippen LogP contribution in [0.5, 0.6) is 0 Å². The van der Waals surface area contributed by atoms with Crippen molar-refractivity contribution in [3.8, 4) is 0 Å². The van der Waals surface area contributed by atoms with E-state index in [0.717, 1.165) is 18.7 Å². The third kappa shape index (κ3) is 3.19. The van der Waals surface area contributed by atoms with Crippen LogP contribution in [0.25, 0.3) is 0 Å². The third-order valence-corrected chi connectivity index (χ3v) is 5.57. The maximum Gasteiger partial charge on any atom is 0.244 e. The van der Waals surface area contributed by atoms with E-state index >= 15 is 0 Å². The Morgan fingerprint density at radius 3 is 2.37 bits per heavy atom. The third-order valence-electron chi connectivity index (χ3n) is 3.51. The van der Waals surface area contributed by atoms with E-state index in [2.05, 4.69) is 0 Å². The molecular formula is C13H25N3O2S. The number of hydrogen-bond donors (Lipinski definition) is 1. The van der Waals surface area contributed by atoms with Gasteiger partial charge in [0.25, 0.3) is 0 Å². The van der Waals surface area contributed by atoms with Crippen LogP contribution < -0.4 is 5.73 Å². The fourth-order valence-corrected chi connectivity index (χ4v) is 3.97. The maximum absolute atomic E-state index is 12.6. The Hall–Kier alpha value is -0.850. The van der Waals surface area contributed by atoms with Crippen molar-refractivity contribution in [2.45, 2.75) is 58.1 Å². The number of rotatable bonds is 7. The number of hydrogen-bond acceptors (Lipinski definition) is 3. The maximum atomic E-state index is 12.6. The van der Waals surface area contributed by atoms with Gasteiger partial charge in [-0.1, -0.05) is 13.8 Å². The van der Waals surface area contributed by atoms with E-state index in [1.165, 1.54) is 0 Å². The Kier molecular flexibility index (Phi) is 5.58. The van der Waals surface area contributed by atoms with Crippen LogP contribution in [0.15, 0.2) is 17.2 Å². The Bertz CT molecular complexity index is 486.